The van der Waals surface area contributed by atoms with Crippen LogP contribution in [0.1, 0.15) is 11.5 Å². The second kappa shape index (κ2) is 7.36. The van der Waals surface area contributed by atoms with Gasteiger partial charge in [-0.15, -0.1) is 10.2 Å². The highest BCUT2D eigenvalue weighted by atomic mass is 32.2. The highest BCUT2D eigenvalue weighted by molar-refractivity contribution is 7.99. The monoisotopic (exact) mass is 335 g/mol. The predicted octanol–water partition coefficient (Wildman–Crippen LogP) is 2.21. The highest BCUT2D eigenvalue weighted by Gasteiger charge is 2.21. The summed E-state index contributed by atoms with van der Waals surface area (Å²) >= 11 is 1.43. The largest absolute Gasteiger partial charge is 0.496 e. The van der Waals surface area contributed by atoms with Gasteiger partial charge in [0, 0.05) is 17.9 Å². The summed E-state index contributed by atoms with van der Waals surface area (Å²) < 4.78 is 15.8. The molecule has 23 heavy (non-hydrogen) atoms. The molecular formula is C15H17N3O4S. The van der Waals surface area contributed by atoms with Crippen LogP contribution in [0.2, 0.25) is 0 Å². The van der Waals surface area contributed by atoms with E-state index in [2.05, 4.69) is 10.2 Å². The molecule has 0 bridgehead atoms. The van der Waals surface area contributed by atoms with E-state index in [4.69, 9.17) is 13.9 Å². The van der Waals surface area contributed by atoms with E-state index in [1.165, 1.54) is 11.8 Å². The lowest BCUT2D eigenvalue weighted by atomic mass is 10.1. The molecular weight excluding hydrogens is 318 g/mol. The molecule has 2 heterocycles. The summed E-state index contributed by atoms with van der Waals surface area (Å²) in [5, 5.41) is 8.58. The minimum Gasteiger partial charge on any atom is -0.496 e. The molecule has 0 atom stereocenters. The third kappa shape index (κ3) is 3.95. The molecule has 0 unspecified atom stereocenters. The van der Waals surface area contributed by atoms with Crippen LogP contribution in [0.3, 0.4) is 0 Å². The Balaban J connectivity index is 1.52. The number of para-hydroxylation sites is 1. The van der Waals surface area contributed by atoms with Crippen LogP contribution in [0.5, 0.6) is 5.75 Å². The molecule has 2 aromatic rings. The number of cyclic esters (lactones) is 1. The fraction of sp³-hybridized carbons (Fsp3) is 0.400. The molecule has 8 heteroatoms. The molecule has 1 aromatic carbocycles. The number of thioether (sulfide) groups is 1. The first kappa shape index (κ1) is 15.7. The number of methoxy groups -OCH3 is 1. The van der Waals surface area contributed by atoms with Gasteiger partial charge in [0.2, 0.25) is 5.89 Å². The van der Waals surface area contributed by atoms with E-state index in [1.807, 2.05) is 24.3 Å². The van der Waals surface area contributed by atoms with Crippen LogP contribution in [0.25, 0.3) is 0 Å². The Kier molecular flexibility index (Phi) is 5.02. The van der Waals surface area contributed by atoms with Crippen LogP contribution >= 0.6 is 11.8 Å². The van der Waals surface area contributed by atoms with Crippen molar-refractivity contribution in [3.05, 3.63) is 35.7 Å². The first-order valence-corrected chi connectivity index (χ1v) is 8.23. The van der Waals surface area contributed by atoms with Crippen molar-refractivity contribution in [3.8, 4) is 5.75 Å². The molecule has 3 rings (SSSR count). The third-order valence-corrected chi connectivity index (χ3v) is 4.21. The summed E-state index contributed by atoms with van der Waals surface area (Å²) in [6, 6.07) is 7.73. The average molecular weight is 335 g/mol. The van der Waals surface area contributed by atoms with E-state index in [0.717, 1.165) is 11.3 Å². The van der Waals surface area contributed by atoms with Crippen molar-refractivity contribution in [1.82, 2.24) is 15.1 Å². The maximum Gasteiger partial charge on any atom is 0.409 e. The Labute approximate surface area is 138 Å². The number of hydrogen-bond acceptors (Lipinski definition) is 7. The maximum atomic E-state index is 11.3. The number of carbonyl (C=O) groups excluding carboxylic acids is 1. The average Bonchev–Trinajstić information content (AvgIpc) is 3.18. The maximum absolute atomic E-state index is 11.3. The smallest absolute Gasteiger partial charge is 0.409 e. The van der Waals surface area contributed by atoms with Crippen molar-refractivity contribution in [2.45, 2.75) is 11.6 Å². The number of hydrogen-bond donors (Lipinski definition) is 0. The zero-order chi connectivity index (χ0) is 16.1. The Bertz CT molecular complexity index is 676. The van der Waals surface area contributed by atoms with Crippen LogP contribution < -0.4 is 4.74 Å². The van der Waals surface area contributed by atoms with Gasteiger partial charge in [-0.05, 0) is 6.07 Å². The Morgan fingerprint density at radius 3 is 3.00 bits per heavy atom. The molecule has 0 spiro atoms. The van der Waals surface area contributed by atoms with E-state index in [1.54, 1.807) is 12.0 Å². The molecule has 1 aliphatic heterocycles. The number of ether oxygens (including phenoxy) is 2. The summed E-state index contributed by atoms with van der Waals surface area (Å²) in [5.74, 6) is 2.02. The summed E-state index contributed by atoms with van der Waals surface area (Å²) in [6.07, 6.45) is 0.267. The van der Waals surface area contributed by atoms with Crippen molar-refractivity contribution in [1.29, 1.82) is 0 Å². The van der Waals surface area contributed by atoms with Crippen molar-refractivity contribution >= 4 is 17.9 Å². The van der Waals surface area contributed by atoms with E-state index in [0.29, 0.717) is 43.0 Å². The van der Waals surface area contributed by atoms with Crippen LogP contribution in [-0.2, 0) is 11.2 Å². The molecule has 1 aromatic heterocycles. The topological polar surface area (TPSA) is 77.7 Å². The van der Waals surface area contributed by atoms with E-state index in [-0.39, 0.29) is 6.09 Å². The van der Waals surface area contributed by atoms with Crippen LogP contribution in [-0.4, -0.2) is 53.7 Å². The number of amides is 1. The van der Waals surface area contributed by atoms with Gasteiger partial charge in [-0.3, -0.25) is 0 Å². The lowest BCUT2D eigenvalue weighted by Crippen LogP contribution is -2.26. The van der Waals surface area contributed by atoms with Gasteiger partial charge >= 0.3 is 6.09 Å². The Morgan fingerprint density at radius 1 is 1.35 bits per heavy atom. The van der Waals surface area contributed by atoms with Crippen LogP contribution in [0.15, 0.2) is 33.9 Å². The summed E-state index contributed by atoms with van der Waals surface area (Å²) in [4.78, 5) is 13.0. The van der Waals surface area contributed by atoms with E-state index < -0.39 is 0 Å². The molecule has 0 N–H and O–H groups in total. The summed E-state index contributed by atoms with van der Waals surface area (Å²) in [6.45, 7) is 1.71. The molecule has 7 nitrogen and oxygen atoms in total. The lowest BCUT2D eigenvalue weighted by Gasteiger charge is -2.10. The molecule has 1 saturated heterocycles. The number of nitrogens with zero attached hydrogens (tertiary/aromatic N) is 3. The minimum atomic E-state index is -0.256. The van der Waals surface area contributed by atoms with Gasteiger partial charge in [0.15, 0.2) is 0 Å². The van der Waals surface area contributed by atoms with Crippen LogP contribution in [0.4, 0.5) is 4.79 Å². The summed E-state index contributed by atoms with van der Waals surface area (Å²) in [7, 11) is 1.64. The van der Waals surface area contributed by atoms with Gasteiger partial charge in [0.05, 0.1) is 20.1 Å². The second-order valence-corrected chi connectivity index (χ2v) is 5.95. The number of carbonyl (C=O) groups is 1. The van der Waals surface area contributed by atoms with Gasteiger partial charge in [-0.1, -0.05) is 30.0 Å². The molecule has 0 aliphatic carbocycles. The van der Waals surface area contributed by atoms with E-state index in [9.17, 15) is 4.79 Å². The van der Waals surface area contributed by atoms with Crippen molar-refractivity contribution < 1.29 is 18.7 Å². The quantitative estimate of drug-likeness (QED) is 0.718. The third-order valence-electron chi connectivity index (χ3n) is 3.41. The van der Waals surface area contributed by atoms with Crippen molar-refractivity contribution in [2.75, 3.05) is 32.6 Å². The summed E-state index contributed by atoms with van der Waals surface area (Å²) in [5.41, 5.74) is 0.995. The zero-order valence-electron chi connectivity index (χ0n) is 12.7. The van der Waals surface area contributed by atoms with Gasteiger partial charge in [-0.2, -0.15) is 0 Å². The molecule has 0 saturated carbocycles. The zero-order valence-corrected chi connectivity index (χ0v) is 13.5. The number of rotatable bonds is 7. The standard InChI is InChI=1S/C15H17N3O4S/c1-20-12-5-3-2-4-11(12)10-13-16-17-14(22-13)23-9-7-18-6-8-21-15(18)19/h2-5H,6-10H2,1H3. The SMILES string of the molecule is COc1ccccc1Cc1nnc(SCCN2CCOC2=O)o1. The number of aromatic nitrogens is 2. The van der Waals surface area contributed by atoms with Gasteiger partial charge < -0.3 is 18.8 Å². The van der Waals surface area contributed by atoms with Gasteiger partial charge in [-0.25, -0.2) is 4.79 Å². The molecule has 1 fully saturated rings. The highest BCUT2D eigenvalue weighted by Crippen LogP contribution is 2.22. The van der Waals surface area contributed by atoms with E-state index >= 15 is 0 Å². The molecule has 1 aliphatic rings. The fourth-order valence-electron chi connectivity index (χ4n) is 2.25. The van der Waals surface area contributed by atoms with Crippen molar-refractivity contribution in [2.24, 2.45) is 0 Å². The van der Waals surface area contributed by atoms with Crippen molar-refractivity contribution in [3.63, 3.8) is 0 Å². The normalized spacial score (nSPS) is 14.1. The fourth-order valence-corrected chi connectivity index (χ4v) is 2.99. The van der Waals surface area contributed by atoms with Gasteiger partial charge in [0.25, 0.3) is 5.22 Å². The Morgan fingerprint density at radius 2 is 2.22 bits per heavy atom. The number of benzene rings is 1. The lowest BCUT2D eigenvalue weighted by molar-refractivity contribution is 0.160. The predicted molar refractivity (Wildman–Crippen MR) is 83.7 cm³/mol. The molecule has 0 radical (unpaired) electrons. The first-order valence-electron chi connectivity index (χ1n) is 7.25. The van der Waals surface area contributed by atoms with Gasteiger partial charge in [0.1, 0.15) is 12.4 Å². The van der Waals surface area contributed by atoms with Crippen LogP contribution in [0, 0.1) is 0 Å². The first-order chi connectivity index (χ1) is 11.3. The minimum absolute atomic E-state index is 0.256. The Hall–Kier alpha value is -2.22. The second-order valence-electron chi connectivity index (χ2n) is 4.90. The molecule has 122 valence electrons. The molecule has 1 amide bonds.